The zero-order valence-corrected chi connectivity index (χ0v) is 12.0. The molecule has 1 aromatic carbocycles. The molecule has 0 aliphatic carbocycles. The average Bonchev–Trinajstić information content (AvgIpc) is 2.49. The van der Waals surface area contributed by atoms with Crippen LogP contribution in [0.15, 0.2) is 53.8 Å². The summed E-state index contributed by atoms with van der Waals surface area (Å²) < 4.78 is 5.55. The number of nitrogens with one attached hydrogen (secondary N) is 1. The third kappa shape index (κ3) is 4.72. The number of ether oxygens (including phenoxy) is 1. The Hall–Kier alpha value is -2.69. The van der Waals surface area contributed by atoms with Gasteiger partial charge >= 0.3 is 0 Å². The third-order valence-corrected chi connectivity index (χ3v) is 2.53. The van der Waals surface area contributed by atoms with Gasteiger partial charge in [0.05, 0.1) is 12.3 Å². The smallest absolute Gasteiger partial charge is 0.289 e. The highest BCUT2D eigenvalue weighted by Gasteiger charge is 2.03. The van der Waals surface area contributed by atoms with Crippen LogP contribution in [0.5, 0.6) is 5.75 Å². The van der Waals surface area contributed by atoms with Gasteiger partial charge in [0, 0.05) is 6.20 Å². The summed E-state index contributed by atoms with van der Waals surface area (Å²) in [7, 11) is 0. The summed E-state index contributed by atoms with van der Waals surface area (Å²) in [6.45, 7) is 3.95. The molecule has 0 unspecified atom stereocenters. The maximum Gasteiger partial charge on any atom is 0.289 e. The fourth-order valence-corrected chi connectivity index (χ4v) is 1.62. The summed E-state index contributed by atoms with van der Waals surface area (Å²) in [5.41, 5.74) is 3.63. The van der Waals surface area contributed by atoms with Crippen molar-refractivity contribution < 1.29 is 9.53 Å². The standard InChI is InChI=1S/C16H17N3O2/c1-12(2)21-14-8-6-13(7-9-14)11-18-19-16(20)15-5-3-4-10-17-15/h3-12H,1-2H3,(H,19,20)/b18-11-. The molecule has 5 heteroatoms. The Bertz CT molecular complexity index is 607. The second-order valence-electron chi connectivity index (χ2n) is 4.65. The quantitative estimate of drug-likeness (QED) is 0.677. The van der Waals surface area contributed by atoms with Gasteiger partial charge in [0.15, 0.2) is 0 Å². The van der Waals surface area contributed by atoms with Gasteiger partial charge in [0.2, 0.25) is 0 Å². The van der Waals surface area contributed by atoms with E-state index in [1.807, 2.05) is 38.1 Å². The molecule has 1 aromatic heterocycles. The normalized spacial score (nSPS) is 10.8. The number of rotatable bonds is 5. The maximum absolute atomic E-state index is 11.7. The number of aromatic nitrogens is 1. The van der Waals surface area contributed by atoms with E-state index in [9.17, 15) is 4.79 Å². The molecule has 5 nitrogen and oxygen atoms in total. The predicted molar refractivity (Wildman–Crippen MR) is 81.5 cm³/mol. The van der Waals surface area contributed by atoms with Crippen molar-refractivity contribution in [1.29, 1.82) is 0 Å². The molecule has 0 radical (unpaired) electrons. The van der Waals surface area contributed by atoms with E-state index in [-0.39, 0.29) is 12.0 Å². The molecular weight excluding hydrogens is 266 g/mol. The van der Waals surface area contributed by atoms with Crippen molar-refractivity contribution >= 4 is 12.1 Å². The molecule has 0 saturated heterocycles. The zero-order chi connectivity index (χ0) is 15.1. The molecule has 0 aliphatic rings. The molecule has 0 fully saturated rings. The van der Waals surface area contributed by atoms with Gasteiger partial charge < -0.3 is 4.74 Å². The van der Waals surface area contributed by atoms with Crippen LogP contribution >= 0.6 is 0 Å². The Morgan fingerprint density at radius 3 is 2.62 bits per heavy atom. The number of carbonyl (C=O) groups excluding carboxylic acids is 1. The number of pyridine rings is 1. The molecule has 2 rings (SSSR count). The van der Waals surface area contributed by atoms with Crippen molar-refractivity contribution in [2.45, 2.75) is 20.0 Å². The van der Waals surface area contributed by atoms with Gasteiger partial charge in [-0.3, -0.25) is 9.78 Å². The number of nitrogens with zero attached hydrogens (tertiary/aromatic N) is 2. The number of hydrazone groups is 1. The Morgan fingerprint density at radius 1 is 1.24 bits per heavy atom. The summed E-state index contributed by atoms with van der Waals surface area (Å²) in [6, 6.07) is 12.6. The van der Waals surface area contributed by atoms with Crippen LogP contribution in [0.3, 0.4) is 0 Å². The largest absolute Gasteiger partial charge is 0.491 e. The van der Waals surface area contributed by atoms with E-state index in [1.54, 1.807) is 30.6 Å². The number of amides is 1. The van der Waals surface area contributed by atoms with Crippen molar-refractivity contribution in [3.05, 3.63) is 59.9 Å². The van der Waals surface area contributed by atoms with E-state index in [4.69, 9.17) is 4.74 Å². The minimum absolute atomic E-state index is 0.141. The van der Waals surface area contributed by atoms with Crippen molar-refractivity contribution in [1.82, 2.24) is 10.4 Å². The highest BCUT2D eigenvalue weighted by atomic mass is 16.5. The minimum atomic E-state index is -0.341. The van der Waals surface area contributed by atoms with Crippen molar-refractivity contribution in [3.8, 4) is 5.75 Å². The van der Waals surface area contributed by atoms with Crippen LogP contribution in [0.1, 0.15) is 29.9 Å². The van der Waals surface area contributed by atoms with Gasteiger partial charge in [0.25, 0.3) is 5.91 Å². The van der Waals surface area contributed by atoms with Crippen LogP contribution in [0.25, 0.3) is 0 Å². The molecule has 0 spiro atoms. The Kier molecular flexibility index (Phi) is 5.04. The van der Waals surface area contributed by atoms with E-state index >= 15 is 0 Å². The first-order valence-corrected chi connectivity index (χ1v) is 6.66. The summed E-state index contributed by atoms with van der Waals surface area (Å²) in [5, 5.41) is 3.90. The van der Waals surface area contributed by atoms with Gasteiger partial charge in [-0.05, 0) is 55.8 Å². The van der Waals surface area contributed by atoms with Crippen LogP contribution in [-0.4, -0.2) is 23.2 Å². The second kappa shape index (κ2) is 7.19. The fourth-order valence-electron chi connectivity index (χ4n) is 1.62. The Labute approximate surface area is 123 Å². The SMILES string of the molecule is CC(C)Oc1ccc(/C=N\NC(=O)c2ccccn2)cc1. The molecule has 0 atom stereocenters. The first-order valence-electron chi connectivity index (χ1n) is 6.66. The zero-order valence-electron chi connectivity index (χ0n) is 12.0. The molecule has 0 bridgehead atoms. The number of carbonyl (C=O) groups is 1. The second-order valence-corrected chi connectivity index (χ2v) is 4.65. The van der Waals surface area contributed by atoms with Crippen LogP contribution in [0, 0.1) is 0 Å². The van der Waals surface area contributed by atoms with Gasteiger partial charge in [-0.25, -0.2) is 5.43 Å². The molecule has 1 N–H and O–H groups in total. The van der Waals surface area contributed by atoms with Gasteiger partial charge in [-0.15, -0.1) is 0 Å². The molecule has 1 heterocycles. The molecular formula is C16H17N3O2. The van der Waals surface area contributed by atoms with E-state index in [0.29, 0.717) is 5.69 Å². The molecule has 0 saturated carbocycles. The lowest BCUT2D eigenvalue weighted by Crippen LogP contribution is -2.18. The van der Waals surface area contributed by atoms with E-state index in [2.05, 4.69) is 15.5 Å². The van der Waals surface area contributed by atoms with Gasteiger partial charge in [-0.1, -0.05) is 6.07 Å². The molecule has 2 aromatic rings. The number of hydrogen-bond acceptors (Lipinski definition) is 4. The summed E-state index contributed by atoms with van der Waals surface area (Å²) in [4.78, 5) is 15.6. The van der Waals surface area contributed by atoms with E-state index < -0.39 is 0 Å². The predicted octanol–water partition coefficient (Wildman–Crippen LogP) is 2.63. The first kappa shape index (κ1) is 14.7. The average molecular weight is 283 g/mol. The van der Waals surface area contributed by atoms with Crippen molar-refractivity contribution in [3.63, 3.8) is 0 Å². The number of hydrogen-bond donors (Lipinski definition) is 1. The molecule has 0 aliphatic heterocycles. The summed E-state index contributed by atoms with van der Waals surface area (Å²) in [5.74, 6) is 0.464. The highest BCUT2D eigenvalue weighted by molar-refractivity contribution is 5.93. The highest BCUT2D eigenvalue weighted by Crippen LogP contribution is 2.12. The fraction of sp³-hybridized carbons (Fsp3) is 0.188. The van der Waals surface area contributed by atoms with Crippen molar-refractivity contribution in [2.24, 2.45) is 5.10 Å². The van der Waals surface area contributed by atoms with Gasteiger partial charge in [0.1, 0.15) is 11.4 Å². The van der Waals surface area contributed by atoms with Crippen molar-refractivity contribution in [2.75, 3.05) is 0 Å². The van der Waals surface area contributed by atoms with Crippen LogP contribution < -0.4 is 10.2 Å². The Balaban J connectivity index is 1.91. The topological polar surface area (TPSA) is 63.6 Å². The number of benzene rings is 1. The molecule has 21 heavy (non-hydrogen) atoms. The maximum atomic E-state index is 11.7. The van der Waals surface area contributed by atoms with Crippen LogP contribution in [0.4, 0.5) is 0 Å². The lowest BCUT2D eigenvalue weighted by atomic mass is 10.2. The van der Waals surface area contributed by atoms with Crippen LogP contribution in [-0.2, 0) is 0 Å². The van der Waals surface area contributed by atoms with E-state index in [0.717, 1.165) is 11.3 Å². The summed E-state index contributed by atoms with van der Waals surface area (Å²) in [6.07, 6.45) is 3.27. The lowest BCUT2D eigenvalue weighted by Gasteiger charge is -2.09. The lowest BCUT2D eigenvalue weighted by molar-refractivity contribution is 0.0950. The van der Waals surface area contributed by atoms with E-state index in [1.165, 1.54) is 0 Å². The molecule has 108 valence electrons. The van der Waals surface area contributed by atoms with Gasteiger partial charge in [-0.2, -0.15) is 5.10 Å². The summed E-state index contributed by atoms with van der Waals surface area (Å²) >= 11 is 0. The third-order valence-electron chi connectivity index (χ3n) is 2.53. The minimum Gasteiger partial charge on any atom is -0.491 e. The van der Waals surface area contributed by atoms with Crippen LogP contribution in [0.2, 0.25) is 0 Å². The Morgan fingerprint density at radius 2 is 2.00 bits per heavy atom. The monoisotopic (exact) mass is 283 g/mol. The first-order chi connectivity index (χ1) is 10.1. The molecule has 1 amide bonds.